The third-order valence-electron chi connectivity index (χ3n) is 4.29. The fourth-order valence-electron chi connectivity index (χ4n) is 2.84. The molecule has 0 atom stereocenters. The lowest BCUT2D eigenvalue weighted by Crippen LogP contribution is -2.41. The van der Waals surface area contributed by atoms with E-state index in [4.69, 9.17) is 27.9 Å². The number of ether oxygens (including phenoxy) is 1. The van der Waals surface area contributed by atoms with Crippen LogP contribution in [0, 0.1) is 0 Å². The first kappa shape index (κ1) is 22.2. The Bertz CT molecular complexity index is 1170. The smallest absolute Gasteiger partial charge is 0.240 e. The number of benzene rings is 3. The van der Waals surface area contributed by atoms with E-state index in [1.165, 1.54) is 18.2 Å². The minimum Gasteiger partial charge on any atom is -0.492 e. The molecule has 0 saturated heterocycles. The molecular formula is C21H20Cl2N2O4S. The highest BCUT2D eigenvalue weighted by Gasteiger charge is 2.21. The lowest BCUT2D eigenvalue weighted by Gasteiger charge is -2.22. The number of amides is 1. The van der Waals surface area contributed by atoms with Crippen LogP contribution in [0.15, 0.2) is 60.7 Å². The van der Waals surface area contributed by atoms with Crippen molar-refractivity contribution in [2.45, 2.75) is 0 Å². The Kier molecular flexibility index (Phi) is 7.07. The van der Waals surface area contributed by atoms with Gasteiger partial charge in [-0.15, -0.1) is 0 Å². The summed E-state index contributed by atoms with van der Waals surface area (Å²) in [5.74, 6) is 0.227. The molecule has 0 heterocycles. The van der Waals surface area contributed by atoms with Crippen LogP contribution in [0.3, 0.4) is 0 Å². The largest absolute Gasteiger partial charge is 0.492 e. The summed E-state index contributed by atoms with van der Waals surface area (Å²) >= 11 is 11.9. The number of rotatable bonds is 8. The molecule has 0 spiro atoms. The minimum absolute atomic E-state index is 0.201. The zero-order chi connectivity index (χ0) is 21.7. The van der Waals surface area contributed by atoms with Crippen LogP contribution in [-0.4, -0.2) is 40.3 Å². The summed E-state index contributed by atoms with van der Waals surface area (Å²) in [5, 5.41) is 5.33. The molecule has 3 aromatic carbocycles. The molecule has 158 valence electrons. The predicted molar refractivity (Wildman–Crippen MR) is 121 cm³/mol. The molecule has 9 heteroatoms. The average molecular weight is 467 g/mol. The molecule has 0 aliphatic rings. The van der Waals surface area contributed by atoms with Gasteiger partial charge in [0.1, 0.15) is 18.9 Å². The Labute approximate surface area is 185 Å². The predicted octanol–water partition coefficient (Wildman–Crippen LogP) is 4.11. The second-order valence-corrected chi connectivity index (χ2v) is 9.30. The number of carbonyl (C=O) groups excluding carboxylic acids is 1. The molecule has 1 N–H and O–H groups in total. The first-order chi connectivity index (χ1) is 14.2. The van der Waals surface area contributed by atoms with Crippen molar-refractivity contribution in [1.82, 2.24) is 5.32 Å². The number of hydrogen-bond acceptors (Lipinski definition) is 4. The fraction of sp³-hybridized carbons (Fsp3) is 0.190. The van der Waals surface area contributed by atoms with E-state index in [1.807, 2.05) is 42.5 Å². The van der Waals surface area contributed by atoms with E-state index >= 15 is 0 Å². The first-order valence-electron chi connectivity index (χ1n) is 9.05. The minimum atomic E-state index is -3.70. The van der Waals surface area contributed by atoms with Crippen molar-refractivity contribution >= 4 is 55.6 Å². The van der Waals surface area contributed by atoms with Crippen molar-refractivity contribution in [3.63, 3.8) is 0 Å². The maximum absolute atomic E-state index is 12.3. The fourth-order valence-corrected chi connectivity index (χ4v) is 3.98. The van der Waals surface area contributed by atoms with Crippen molar-refractivity contribution in [3.05, 3.63) is 70.7 Å². The Morgan fingerprint density at radius 2 is 1.73 bits per heavy atom. The Hall–Kier alpha value is -2.48. The topological polar surface area (TPSA) is 75.7 Å². The first-order valence-corrected chi connectivity index (χ1v) is 11.7. The molecule has 30 heavy (non-hydrogen) atoms. The van der Waals surface area contributed by atoms with Crippen LogP contribution in [0.4, 0.5) is 5.69 Å². The summed E-state index contributed by atoms with van der Waals surface area (Å²) < 4.78 is 30.9. The summed E-state index contributed by atoms with van der Waals surface area (Å²) in [7, 11) is -3.70. The zero-order valence-electron chi connectivity index (χ0n) is 16.1. The Morgan fingerprint density at radius 1 is 1.00 bits per heavy atom. The van der Waals surface area contributed by atoms with Gasteiger partial charge in [0, 0.05) is 0 Å². The quantitative estimate of drug-likeness (QED) is 0.506. The molecule has 0 aliphatic carbocycles. The summed E-state index contributed by atoms with van der Waals surface area (Å²) in [4.78, 5) is 12.3. The number of nitrogens with zero attached hydrogens (tertiary/aromatic N) is 1. The van der Waals surface area contributed by atoms with E-state index in [9.17, 15) is 13.2 Å². The second-order valence-electron chi connectivity index (χ2n) is 6.58. The normalized spacial score (nSPS) is 11.3. The summed E-state index contributed by atoms with van der Waals surface area (Å²) in [6, 6.07) is 18.0. The number of hydrogen-bond donors (Lipinski definition) is 1. The van der Waals surface area contributed by atoms with Gasteiger partial charge in [-0.05, 0) is 41.1 Å². The molecule has 0 radical (unpaired) electrons. The Balaban J connectivity index is 1.55. The SMILES string of the molecule is CS(=O)(=O)N(CC(=O)NCCOc1ccc2ccccc2c1)c1ccc(Cl)c(Cl)c1. The highest BCUT2D eigenvalue weighted by atomic mass is 35.5. The molecule has 3 rings (SSSR count). The number of sulfonamides is 1. The molecule has 0 aromatic heterocycles. The van der Waals surface area contributed by atoms with Crippen molar-refractivity contribution in [2.24, 2.45) is 0 Å². The van der Waals surface area contributed by atoms with Crippen molar-refractivity contribution < 1.29 is 17.9 Å². The molecule has 0 unspecified atom stereocenters. The third kappa shape index (κ3) is 5.78. The summed E-state index contributed by atoms with van der Waals surface area (Å²) in [6.07, 6.45) is 1.02. The molecule has 0 bridgehead atoms. The highest BCUT2D eigenvalue weighted by Crippen LogP contribution is 2.28. The van der Waals surface area contributed by atoms with Crippen molar-refractivity contribution in [2.75, 3.05) is 30.3 Å². The van der Waals surface area contributed by atoms with Gasteiger partial charge in [-0.3, -0.25) is 9.10 Å². The number of carbonyl (C=O) groups is 1. The van der Waals surface area contributed by atoms with Gasteiger partial charge in [-0.1, -0.05) is 53.5 Å². The van der Waals surface area contributed by atoms with Crippen molar-refractivity contribution in [3.8, 4) is 5.75 Å². The van der Waals surface area contributed by atoms with Gasteiger partial charge >= 0.3 is 0 Å². The van der Waals surface area contributed by atoms with Crippen LogP contribution in [0.2, 0.25) is 10.0 Å². The van der Waals surface area contributed by atoms with Crippen LogP contribution < -0.4 is 14.4 Å². The van der Waals surface area contributed by atoms with Crippen LogP contribution in [0.1, 0.15) is 0 Å². The van der Waals surface area contributed by atoms with Gasteiger partial charge in [0.2, 0.25) is 15.9 Å². The van der Waals surface area contributed by atoms with E-state index in [-0.39, 0.29) is 30.4 Å². The van der Waals surface area contributed by atoms with Gasteiger partial charge in [-0.25, -0.2) is 8.42 Å². The van der Waals surface area contributed by atoms with Gasteiger partial charge in [0.15, 0.2) is 0 Å². The molecule has 0 saturated carbocycles. The number of nitrogens with one attached hydrogen (secondary N) is 1. The van der Waals surface area contributed by atoms with E-state index in [1.54, 1.807) is 0 Å². The maximum Gasteiger partial charge on any atom is 0.240 e. The molecule has 1 amide bonds. The van der Waals surface area contributed by atoms with Crippen molar-refractivity contribution in [1.29, 1.82) is 0 Å². The number of halogens is 2. The average Bonchev–Trinajstić information content (AvgIpc) is 2.70. The van der Waals surface area contributed by atoms with Gasteiger partial charge in [0.05, 0.1) is 28.5 Å². The maximum atomic E-state index is 12.3. The van der Waals surface area contributed by atoms with Crippen LogP contribution in [0.5, 0.6) is 5.75 Å². The monoisotopic (exact) mass is 466 g/mol. The zero-order valence-corrected chi connectivity index (χ0v) is 18.5. The standard InChI is InChI=1S/C21H20Cl2N2O4S/c1-30(27,28)25(17-7-9-19(22)20(23)13-17)14-21(26)24-10-11-29-18-8-6-15-4-2-3-5-16(15)12-18/h2-9,12-13H,10-11,14H2,1H3,(H,24,26). The van der Waals surface area contributed by atoms with Crippen LogP contribution in [-0.2, 0) is 14.8 Å². The van der Waals surface area contributed by atoms with Crippen LogP contribution in [0.25, 0.3) is 10.8 Å². The van der Waals surface area contributed by atoms with Gasteiger partial charge in [-0.2, -0.15) is 0 Å². The summed E-state index contributed by atoms with van der Waals surface area (Å²) in [5.41, 5.74) is 0.259. The van der Waals surface area contributed by atoms with Gasteiger partial charge in [0.25, 0.3) is 0 Å². The molecular weight excluding hydrogens is 447 g/mol. The van der Waals surface area contributed by atoms with E-state index in [2.05, 4.69) is 5.32 Å². The Morgan fingerprint density at radius 3 is 2.43 bits per heavy atom. The molecule has 0 fully saturated rings. The van der Waals surface area contributed by atoms with Crippen LogP contribution >= 0.6 is 23.2 Å². The molecule has 3 aromatic rings. The molecule has 0 aliphatic heterocycles. The molecule has 6 nitrogen and oxygen atoms in total. The number of fused-ring (bicyclic) bond motifs is 1. The highest BCUT2D eigenvalue weighted by molar-refractivity contribution is 7.92. The van der Waals surface area contributed by atoms with E-state index in [0.717, 1.165) is 21.3 Å². The second kappa shape index (κ2) is 9.55. The van der Waals surface area contributed by atoms with Gasteiger partial charge < -0.3 is 10.1 Å². The van der Waals surface area contributed by atoms with E-state index in [0.29, 0.717) is 10.8 Å². The number of anilines is 1. The summed E-state index contributed by atoms with van der Waals surface area (Å²) in [6.45, 7) is 0.0904. The van der Waals surface area contributed by atoms with E-state index < -0.39 is 15.9 Å². The lowest BCUT2D eigenvalue weighted by molar-refractivity contribution is -0.119. The third-order valence-corrected chi connectivity index (χ3v) is 6.17. The lowest BCUT2D eigenvalue weighted by atomic mass is 10.1.